The first-order chi connectivity index (χ1) is 43.5. The molecule has 0 spiro atoms. The Morgan fingerprint density at radius 2 is 1.45 bits per heavy atom. The Morgan fingerprint density at radius 3 is 2.08 bits per heavy atom. The minimum absolute atomic E-state index is 0.00269. The summed E-state index contributed by atoms with van der Waals surface area (Å²) in [6.45, 7) is 6.28. The summed E-state index contributed by atoms with van der Waals surface area (Å²) in [5, 5.41) is 23.0. The summed E-state index contributed by atoms with van der Waals surface area (Å²) >= 11 is 0. The number of aromatic nitrogens is 2. The summed E-state index contributed by atoms with van der Waals surface area (Å²) in [5.74, 6) is -11.3. The number of nitrogens with zero attached hydrogens (tertiary/aromatic N) is 5. The van der Waals surface area contributed by atoms with Crippen LogP contribution in [0.15, 0.2) is 59.4 Å². The van der Waals surface area contributed by atoms with Crippen LogP contribution in [0.25, 0.3) is 22.3 Å². The third-order valence-electron chi connectivity index (χ3n) is 15.7. The highest BCUT2D eigenvalue weighted by molar-refractivity contribution is 6.15. The molecule has 4 aromatic rings. The van der Waals surface area contributed by atoms with Crippen LogP contribution in [0.4, 0.5) is 22.4 Å². The van der Waals surface area contributed by atoms with Crippen LogP contribution in [0.2, 0.25) is 0 Å². The van der Waals surface area contributed by atoms with E-state index in [1.807, 2.05) is 0 Å². The summed E-state index contributed by atoms with van der Waals surface area (Å²) in [5.41, 5.74) is -2.82. The number of rotatable bonds is 22. The second-order valence-corrected chi connectivity index (χ2v) is 24.5. The molecule has 93 heavy (non-hydrogen) atoms. The monoisotopic (exact) mass is 1300 g/mol. The Labute approximate surface area is 528 Å². The molecule has 0 radical (unpaired) electrons. The average Bonchev–Trinajstić information content (AvgIpc) is 1.63. The number of halogens is 4. The molecule has 0 saturated carbocycles. The van der Waals surface area contributed by atoms with Crippen LogP contribution in [0.3, 0.4) is 0 Å². The molecule has 31 heteroatoms. The third-order valence-corrected chi connectivity index (χ3v) is 15.7. The number of esters is 2. The number of imide groups is 1. The van der Waals surface area contributed by atoms with E-state index in [2.05, 4.69) is 26.6 Å². The van der Waals surface area contributed by atoms with Gasteiger partial charge in [0.1, 0.15) is 49.0 Å². The maximum atomic E-state index is 15.6. The van der Waals surface area contributed by atoms with Crippen molar-refractivity contribution in [1.82, 2.24) is 50.8 Å². The number of nitrogens with one attached hydrogen (secondary N) is 5. The maximum Gasteiger partial charge on any atom is 0.423 e. The number of cyclic esters (lactones) is 1. The SMILES string of the molecule is CC[C@@]1(O)C(=O)OCc2c1cc1n(c2=O)Cc2c-1nc1cc(F)c(C)c3c1c2[C@@H](N(C)C(=O)[C@@H](OCNC(=O)CNC(=O)[C@H](Cc1ccccc1)NC(=O)CNC(=O)CNC(=O)[C@@H](CN(CC(=O)OC(C)(C)C)C(=O)OC(C)(C)C)N1C(=O)C=CC1=O)C(F)(F)F)CC3. The topological polar surface area (TPSA) is 350 Å². The molecule has 0 saturated heterocycles. The normalized spacial score (nSPS) is 17.4. The number of ether oxygens (including phenoxy) is 4. The molecule has 0 fully saturated rings. The Bertz CT molecular complexity index is 3810. The molecule has 498 valence electrons. The number of alkyl halides is 3. The van der Waals surface area contributed by atoms with E-state index in [1.54, 1.807) is 51.1 Å². The van der Waals surface area contributed by atoms with Crippen molar-refractivity contribution in [2.24, 2.45) is 0 Å². The molecule has 2 aromatic heterocycles. The zero-order valence-electron chi connectivity index (χ0n) is 52.2. The minimum Gasteiger partial charge on any atom is -0.459 e. The van der Waals surface area contributed by atoms with Gasteiger partial charge in [0.25, 0.3) is 23.3 Å². The van der Waals surface area contributed by atoms with Crippen molar-refractivity contribution in [2.75, 3.05) is 46.5 Å². The fourth-order valence-electron chi connectivity index (χ4n) is 11.2. The Morgan fingerprint density at radius 1 is 0.828 bits per heavy atom. The number of fused-ring (bicyclic) bond motifs is 5. The van der Waals surface area contributed by atoms with Gasteiger partial charge >= 0.3 is 24.2 Å². The van der Waals surface area contributed by atoms with Gasteiger partial charge in [-0.25, -0.2) is 19.0 Å². The number of hydrogen-bond acceptors (Lipinski definition) is 18. The van der Waals surface area contributed by atoms with Crippen molar-refractivity contribution in [3.05, 3.63) is 110 Å². The standard InChI is InChI=1S/C62H70F4N10O17/c1-10-61(89)36-21-41-51-34(26-75(41)55(85)35(36)29-90-57(61)87)50-40(17-16-33-31(2)37(63)22-38(72-51)49(33)50)73(9)56(86)52(62(64,65)66)91-30-70-44(78)24-68-53(83)39(20-32-14-12-11-13-15-32)71-45(79)25-67-43(77)23-69-54(84)42(76-46(80)18-19-47(76)81)27-74(58(88)93-60(6,7)8)28-48(82)92-59(3,4)5/h11-15,18-19,21-22,39-40,42,52,89H,10,16-17,20,23-30H2,1-9H3,(H,67,77)(H,68,83)(H,69,84)(H,70,78)(H,71,79)/t39-,40-,42+,52+,61-/m0/s1. The molecule has 0 bridgehead atoms. The van der Waals surface area contributed by atoms with Gasteiger partial charge in [0.2, 0.25) is 35.6 Å². The number of pyridine rings is 2. The molecular formula is C62H70F4N10O17. The molecule has 6 N–H and O–H groups in total. The lowest BCUT2D eigenvalue weighted by Gasteiger charge is -2.37. The molecule has 4 aliphatic rings. The van der Waals surface area contributed by atoms with E-state index < -0.39 is 170 Å². The van der Waals surface area contributed by atoms with E-state index in [-0.39, 0.29) is 71.4 Å². The number of carbonyl (C=O) groups excluding carboxylic acids is 11. The van der Waals surface area contributed by atoms with Crippen LogP contribution in [0.1, 0.15) is 106 Å². The van der Waals surface area contributed by atoms with Crippen LogP contribution < -0.4 is 32.1 Å². The highest BCUT2D eigenvalue weighted by atomic mass is 19.4. The van der Waals surface area contributed by atoms with E-state index in [4.69, 9.17) is 23.9 Å². The molecule has 27 nitrogen and oxygen atoms in total. The van der Waals surface area contributed by atoms with E-state index in [1.165, 1.54) is 45.3 Å². The van der Waals surface area contributed by atoms with Gasteiger partial charge in [-0.3, -0.25) is 57.7 Å². The average molecular weight is 1300 g/mol. The van der Waals surface area contributed by atoms with Crippen LogP contribution in [-0.4, -0.2) is 177 Å². The zero-order valence-corrected chi connectivity index (χ0v) is 52.2. The first-order valence-corrected chi connectivity index (χ1v) is 29.5. The lowest BCUT2D eigenvalue weighted by molar-refractivity contribution is -0.225. The van der Waals surface area contributed by atoms with Gasteiger partial charge < -0.3 is 60.1 Å². The van der Waals surface area contributed by atoms with Gasteiger partial charge in [-0.2, -0.15) is 13.2 Å². The van der Waals surface area contributed by atoms with Crippen LogP contribution in [0, 0.1) is 12.7 Å². The second-order valence-electron chi connectivity index (χ2n) is 24.5. The van der Waals surface area contributed by atoms with Crippen molar-refractivity contribution in [3.63, 3.8) is 0 Å². The Kier molecular flexibility index (Phi) is 20.3. The Balaban J connectivity index is 0.893. The largest absolute Gasteiger partial charge is 0.459 e. The molecule has 2 aromatic carbocycles. The predicted molar refractivity (Wildman–Crippen MR) is 317 cm³/mol. The third kappa shape index (κ3) is 15.5. The van der Waals surface area contributed by atoms with Gasteiger partial charge in [0.05, 0.1) is 61.2 Å². The number of likely N-dealkylation sites (N-methyl/N-ethyl adjacent to an activating group) is 1. The lowest BCUT2D eigenvalue weighted by Crippen LogP contribution is -2.57. The quantitative estimate of drug-likeness (QED) is 0.0190. The van der Waals surface area contributed by atoms with E-state index in [0.29, 0.717) is 27.0 Å². The number of hydrogen-bond donors (Lipinski definition) is 6. The summed E-state index contributed by atoms with van der Waals surface area (Å²) in [6.07, 6.45) is -8.24. The number of aliphatic hydroxyl groups is 1. The predicted octanol–water partition coefficient (Wildman–Crippen LogP) is 1.94. The van der Waals surface area contributed by atoms with Crippen molar-refractivity contribution in [1.29, 1.82) is 0 Å². The molecule has 0 unspecified atom stereocenters. The first kappa shape index (κ1) is 69.2. The zero-order chi connectivity index (χ0) is 68.4. The van der Waals surface area contributed by atoms with Crippen molar-refractivity contribution < 1.29 is 94.4 Å². The van der Waals surface area contributed by atoms with Gasteiger partial charge in [-0.15, -0.1) is 0 Å². The van der Waals surface area contributed by atoms with E-state index >= 15 is 4.39 Å². The lowest BCUT2D eigenvalue weighted by atomic mass is 9.81. The van der Waals surface area contributed by atoms with Crippen molar-refractivity contribution in [3.8, 4) is 11.4 Å². The molecule has 5 atom stereocenters. The fraction of sp³-hybridized carbons (Fsp3) is 0.468. The van der Waals surface area contributed by atoms with Crippen molar-refractivity contribution >= 4 is 76.2 Å². The second kappa shape index (κ2) is 27.3. The highest BCUT2D eigenvalue weighted by Gasteiger charge is 2.50. The van der Waals surface area contributed by atoms with E-state index in [9.17, 15) is 75.8 Å². The van der Waals surface area contributed by atoms with Crippen LogP contribution >= 0.6 is 0 Å². The molecule has 5 heterocycles. The van der Waals surface area contributed by atoms with Crippen LogP contribution in [0.5, 0.6) is 0 Å². The number of amides is 9. The van der Waals surface area contributed by atoms with Gasteiger partial charge in [-0.05, 0) is 96.0 Å². The smallest absolute Gasteiger partial charge is 0.423 e. The molecule has 9 amide bonds. The fourth-order valence-corrected chi connectivity index (χ4v) is 11.2. The number of benzene rings is 2. The first-order valence-electron chi connectivity index (χ1n) is 29.5. The maximum absolute atomic E-state index is 15.6. The highest BCUT2D eigenvalue weighted by Crippen LogP contribution is 2.48. The molecular weight excluding hydrogens is 1230 g/mol. The molecule has 8 rings (SSSR count). The van der Waals surface area contributed by atoms with Gasteiger partial charge in [-0.1, -0.05) is 37.3 Å². The molecule has 1 aliphatic carbocycles. The van der Waals surface area contributed by atoms with Crippen LogP contribution in [-0.2, 0) is 98.5 Å². The summed E-state index contributed by atoms with van der Waals surface area (Å²) in [4.78, 5) is 167. The Hall–Kier alpha value is -9.65. The number of carbonyl (C=O) groups is 11. The summed E-state index contributed by atoms with van der Waals surface area (Å²) < 4.78 is 82.7. The van der Waals surface area contributed by atoms with Gasteiger partial charge in [0.15, 0.2) is 5.60 Å². The van der Waals surface area contributed by atoms with Gasteiger partial charge in [0, 0.05) is 48.2 Å². The summed E-state index contributed by atoms with van der Waals surface area (Å²) in [7, 11) is 1.11. The van der Waals surface area contributed by atoms with E-state index in [0.717, 1.165) is 35.1 Å². The summed E-state index contributed by atoms with van der Waals surface area (Å²) in [6, 6.07) is 6.24. The van der Waals surface area contributed by atoms with Crippen molar-refractivity contribution in [2.45, 2.75) is 141 Å². The minimum atomic E-state index is -5.38. The molecule has 3 aliphatic heterocycles. The number of aryl methyl sites for hydroxylation is 1.